The minimum atomic E-state index is 0.0546. The Hall–Kier alpha value is -0.700. The number of phenolic OH excluding ortho intramolecular Hbond substituents is 2. The van der Waals surface area contributed by atoms with Gasteiger partial charge < -0.3 is 10.2 Å². The number of hydrogen-bond acceptors (Lipinski definition) is 2. The van der Waals surface area contributed by atoms with Crippen LogP contribution < -0.4 is 0 Å². The van der Waals surface area contributed by atoms with E-state index >= 15 is 0 Å². The highest BCUT2D eigenvalue weighted by atomic mass is 79.9. The maximum atomic E-state index is 10.0. The Balaban J connectivity index is 2.99. The Morgan fingerprint density at radius 3 is 2.18 bits per heavy atom. The number of unbranched alkanes of at least 4 members (excludes halogenated alkanes) is 2. The first-order valence-electron chi connectivity index (χ1n) is 6.33. The summed E-state index contributed by atoms with van der Waals surface area (Å²) in [5, 5.41) is 20.0. The summed E-state index contributed by atoms with van der Waals surface area (Å²) in [6, 6.07) is 1.94. The Morgan fingerprint density at radius 2 is 1.59 bits per heavy atom. The first kappa shape index (κ1) is 14.4. The quantitative estimate of drug-likeness (QED) is 0.757. The van der Waals surface area contributed by atoms with Crippen molar-refractivity contribution in [1.29, 1.82) is 0 Å². The van der Waals surface area contributed by atoms with Crippen LogP contribution >= 0.6 is 15.9 Å². The van der Waals surface area contributed by atoms with E-state index in [9.17, 15) is 10.2 Å². The van der Waals surface area contributed by atoms with Gasteiger partial charge in [0.2, 0.25) is 0 Å². The minimum Gasteiger partial charge on any atom is -0.504 e. The van der Waals surface area contributed by atoms with Crippen molar-refractivity contribution in [2.75, 3.05) is 0 Å². The fourth-order valence-electron chi connectivity index (χ4n) is 1.87. The van der Waals surface area contributed by atoms with Gasteiger partial charge in [0.25, 0.3) is 0 Å². The highest BCUT2D eigenvalue weighted by Crippen LogP contribution is 2.39. The van der Waals surface area contributed by atoms with Gasteiger partial charge in [-0.2, -0.15) is 0 Å². The molecule has 1 aromatic carbocycles. The summed E-state index contributed by atoms with van der Waals surface area (Å²) >= 11 is 3.48. The minimum absolute atomic E-state index is 0.0546. The standard InChI is InChI=1S/C14H21BrO2/c1-3-5-7-10-9-12(15)11(8-6-4-2)14(17)13(10)16/h9,16-17H,3-8H2,1-2H3. The molecule has 0 unspecified atom stereocenters. The fourth-order valence-corrected chi connectivity index (χ4v) is 2.53. The molecule has 1 rings (SSSR count). The summed E-state index contributed by atoms with van der Waals surface area (Å²) in [5.41, 5.74) is 1.65. The summed E-state index contributed by atoms with van der Waals surface area (Å²) in [4.78, 5) is 0. The molecule has 0 bridgehead atoms. The molecule has 0 aliphatic heterocycles. The van der Waals surface area contributed by atoms with Crippen LogP contribution in [0.2, 0.25) is 0 Å². The lowest BCUT2D eigenvalue weighted by Crippen LogP contribution is -1.93. The molecule has 1 aromatic rings. The highest BCUT2D eigenvalue weighted by molar-refractivity contribution is 9.10. The molecule has 0 fully saturated rings. The molecule has 96 valence electrons. The van der Waals surface area contributed by atoms with E-state index < -0.39 is 0 Å². The Kier molecular flexibility index (Phi) is 5.83. The predicted octanol–water partition coefficient (Wildman–Crippen LogP) is 4.55. The first-order valence-corrected chi connectivity index (χ1v) is 7.13. The number of aromatic hydroxyl groups is 2. The van der Waals surface area contributed by atoms with Gasteiger partial charge in [-0.15, -0.1) is 0 Å². The van der Waals surface area contributed by atoms with Crippen LogP contribution in [0.4, 0.5) is 0 Å². The van der Waals surface area contributed by atoms with Gasteiger partial charge in [0, 0.05) is 10.0 Å². The maximum Gasteiger partial charge on any atom is 0.162 e. The third-order valence-corrected chi connectivity index (χ3v) is 3.69. The van der Waals surface area contributed by atoms with E-state index in [0.29, 0.717) is 0 Å². The number of phenols is 2. The number of rotatable bonds is 6. The van der Waals surface area contributed by atoms with Gasteiger partial charge in [-0.3, -0.25) is 0 Å². The van der Waals surface area contributed by atoms with Gasteiger partial charge in [-0.05, 0) is 37.3 Å². The highest BCUT2D eigenvalue weighted by Gasteiger charge is 2.15. The molecule has 17 heavy (non-hydrogen) atoms. The van der Waals surface area contributed by atoms with Crippen LogP contribution in [0.25, 0.3) is 0 Å². The third-order valence-electron chi connectivity index (χ3n) is 2.98. The molecule has 0 amide bonds. The second kappa shape index (κ2) is 6.90. The SMILES string of the molecule is CCCCc1cc(Br)c(CCCC)c(O)c1O. The zero-order chi connectivity index (χ0) is 12.8. The van der Waals surface area contributed by atoms with Crippen molar-refractivity contribution in [3.63, 3.8) is 0 Å². The third kappa shape index (κ3) is 3.63. The van der Waals surface area contributed by atoms with Crippen LogP contribution in [0, 0.1) is 0 Å². The fraction of sp³-hybridized carbons (Fsp3) is 0.571. The molecule has 0 radical (unpaired) electrons. The molecule has 0 heterocycles. The Labute approximate surface area is 112 Å². The summed E-state index contributed by atoms with van der Waals surface area (Å²) < 4.78 is 0.910. The van der Waals surface area contributed by atoms with Gasteiger partial charge in [0.05, 0.1) is 0 Å². The average Bonchev–Trinajstić information content (AvgIpc) is 2.32. The van der Waals surface area contributed by atoms with Crippen LogP contribution in [-0.4, -0.2) is 10.2 Å². The summed E-state index contributed by atoms with van der Waals surface area (Å²) in [6.07, 6.45) is 5.79. The van der Waals surface area contributed by atoms with Gasteiger partial charge in [0.1, 0.15) is 0 Å². The molecule has 0 saturated carbocycles. The van der Waals surface area contributed by atoms with Crippen LogP contribution in [0.3, 0.4) is 0 Å². The summed E-state index contributed by atoms with van der Waals surface area (Å²) in [6.45, 7) is 4.22. The molecule has 0 atom stereocenters. The van der Waals surface area contributed by atoms with Crippen molar-refractivity contribution in [2.24, 2.45) is 0 Å². The summed E-state index contributed by atoms with van der Waals surface area (Å²) in [5.74, 6) is 0.117. The van der Waals surface area contributed by atoms with Gasteiger partial charge in [-0.25, -0.2) is 0 Å². The number of halogens is 1. The largest absolute Gasteiger partial charge is 0.504 e. The zero-order valence-corrected chi connectivity index (χ0v) is 12.2. The lowest BCUT2D eigenvalue weighted by atomic mass is 10.0. The van der Waals surface area contributed by atoms with Crippen molar-refractivity contribution in [3.05, 3.63) is 21.7 Å². The van der Waals surface area contributed by atoms with Gasteiger partial charge in [-0.1, -0.05) is 42.6 Å². The van der Waals surface area contributed by atoms with E-state index in [1.165, 1.54) is 0 Å². The number of aryl methyl sites for hydroxylation is 1. The molecule has 0 aromatic heterocycles. The molecule has 3 heteroatoms. The van der Waals surface area contributed by atoms with Crippen LogP contribution in [0.5, 0.6) is 11.5 Å². The van der Waals surface area contributed by atoms with E-state index in [1.807, 2.05) is 6.07 Å². The van der Waals surface area contributed by atoms with E-state index in [-0.39, 0.29) is 11.5 Å². The van der Waals surface area contributed by atoms with Crippen molar-refractivity contribution in [2.45, 2.75) is 52.4 Å². The predicted molar refractivity (Wildman–Crippen MR) is 74.7 cm³/mol. The smallest absolute Gasteiger partial charge is 0.162 e. The first-order chi connectivity index (χ1) is 8.11. The van der Waals surface area contributed by atoms with Gasteiger partial charge in [0.15, 0.2) is 11.5 Å². The molecule has 0 aliphatic carbocycles. The summed E-state index contributed by atoms with van der Waals surface area (Å²) in [7, 11) is 0. The molecule has 2 N–H and O–H groups in total. The monoisotopic (exact) mass is 300 g/mol. The van der Waals surface area contributed by atoms with Gasteiger partial charge >= 0.3 is 0 Å². The topological polar surface area (TPSA) is 40.5 Å². The maximum absolute atomic E-state index is 10.0. The van der Waals surface area contributed by atoms with E-state index in [2.05, 4.69) is 29.8 Å². The average molecular weight is 301 g/mol. The molecular weight excluding hydrogens is 280 g/mol. The molecular formula is C14H21BrO2. The van der Waals surface area contributed by atoms with Crippen LogP contribution in [-0.2, 0) is 12.8 Å². The molecule has 2 nitrogen and oxygen atoms in total. The molecule has 0 aliphatic rings. The van der Waals surface area contributed by atoms with Crippen LogP contribution in [0.1, 0.15) is 50.7 Å². The Morgan fingerprint density at radius 1 is 1.00 bits per heavy atom. The zero-order valence-electron chi connectivity index (χ0n) is 10.6. The molecule has 0 spiro atoms. The van der Waals surface area contributed by atoms with Crippen molar-refractivity contribution in [3.8, 4) is 11.5 Å². The molecule has 0 saturated heterocycles. The Bertz CT molecular complexity index is 375. The van der Waals surface area contributed by atoms with Crippen molar-refractivity contribution in [1.82, 2.24) is 0 Å². The van der Waals surface area contributed by atoms with Crippen molar-refractivity contribution >= 4 is 15.9 Å². The number of benzene rings is 1. The lowest BCUT2D eigenvalue weighted by molar-refractivity contribution is 0.393. The normalized spacial score (nSPS) is 10.8. The number of hydrogen-bond donors (Lipinski definition) is 2. The second-order valence-corrected chi connectivity index (χ2v) is 5.25. The van der Waals surface area contributed by atoms with E-state index in [4.69, 9.17) is 0 Å². The van der Waals surface area contributed by atoms with E-state index in [1.54, 1.807) is 0 Å². The second-order valence-electron chi connectivity index (χ2n) is 4.40. The van der Waals surface area contributed by atoms with Crippen LogP contribution in [0.15, 0.2) is 10.5 Å². The van der Waals surface area contributed by atoms with Crippen molar-refractivity contribution < 1.29 is 10.2 Å². The van der Waals surface area contributed by atoms with E-state index in [0.717, 1.165) is 54.1 Å². The lowest BCUT2D eigenvalue weighted by Gasteiger charge is -2.12.